The van der Waals surface area contributed by atoms with Crippen molar-refractivity contribution in [1.82, 2.24) is 14.5 Å². The van der Waals surface area contributed by atoms with E-state index >= 15 is 0 Å². The summed E-state index contributed by atoms with van der Waals surface area (Å²) in [6, 6.07) is 16.8. The number of para-hydroxylation sites is 2. The van der Waals surface area contributed by atoms with Crippen LogP contribution in [0.3, 0.4) is 0 Å². The van der Waals surface area contributed by atoms with Gasteiger partial charge in [-0.15, -0.1) is 0 Å². The number of piperazine rings is 1. The Labute approximate surface area is 191 Å². The van der Waals surface area contributed by atoms with Gasteiger partial charge in [-0.1, -0.05) is 24.3 Å². The second-order valence-corrected chi connectivity index (χ2v) is 8.25. The van der Waals surface area contributed by atoms with Crippen LogP contribution in [0, 0.1) is 0 Å². The molecule has 0 spiro atoms. The lowest BCUT2D eigenvalue weighted by Crippen LogP contribution is -2.46. The minimum Gasteiger partial charge on any atom is -0.495 e. The number of hydrogen-bond acceptors (Lipinski definition) is 5. The molecule has 3 aromatic rings. The Morgan fingerprint density at radius 3 is 2.47 bits per heavy atom. The topological polar surface area (TPSA) is 42.8 Å². The molecule has 1 aromatic heterocycles. The van der Waals surface area contributed by atoms with Crippen LogP contribution in [-0.2, 0) is 13.0 Å². The van der Waals surface area contributed by atoms with Crippen molar-refractivity contribution in [2.24, 2.45) is 0 Å². The maximum absolute atomic E-state index is 5.95. The first kappa shape index (κ1) is 22.2. The molecule has 0 amide bonds. The predicted octanol–water partition coefficient (Wildman–Crippen LogP) is 4.12. The molecule has 0 atom stereocenters. The first-order chi connectivity index (χ1) is 15.8. The van der Waals surface area contributed by atoms with Crippen molar-refractivity contribution in [2.75, 3.05) is 51.3 Å². The van der Waals surface area contributed by atoms with E-state index in [1.165, 1.54) is 11.3 Å². The fourth-order valence-corrected chi connectivity index (χ4v) is 4.16. The Balaban J connectivity index is 1.09. The van der Waals surface area contributed by atoms with Crippen LogP contribution >= 0.6 is 0 Å². The van der Waals surface area contributed by atoms with Crippen molar-refractivity contribution < 1.29 is 9.47 Å². The number of unbranched alkanes of at least 4 members (excludes halogenated alkanes) is 1. The summed E-state index contributed by atoms with van der Waals surface area (Å²) in [7, 11) is 1.74. The van der Waals surface area contributed by atoms with Crippen LogP contribution in [0.2, 0.25) is 0 Å². The Morgan fingerprint density at radius 2 is 1.72 bits per heavy atom. The van der Waals surface area contributed by atoms with Gasteiger partial charge < -0.3 is 18.9 Å². The van der Waals surface area contributed by atoms with Crippen molar-refractivity contribution in [3.05, 3.63) is 72.8 Å². The fraction of sp³-hybridized carbons (Fsp3) is 0.423. The SMILES string of the molecule is COc1ccccc1N1CCN(CCCCOc2ccc(CCn3ccnc3)cc2)CC1. The van der Waals surface area contributed by atoms with Gasteiger partial charge in [-0.3, -0.25) is 4.90 Å². The Kier molecular flexibility index (Phi) is 8.04. The third-order valence-corrected chi connectivity index (χ3v) is 6.08. The molecule has 0 aliphatic carbocycles. The highest BCUT2D eigenvalue weighted by Gasteiger charge is 2.19. The molecule has 6 nitrogen and oxygen atoms in total. The Hall–Kier alpha value is -2.99. The van der Waals surface area contributed by atoms with Crippen LogP contribution in [0.4, 0.5) is 5.69 Å². The van der Waals surface area contributed by atoms with Gasteiger partial charge in [0.15, 0.2) is 0 Å². The molecule has 1 saturated heterocycles. The Morgan fingerprint density at radius 1 is 0.906 bits per heavy atom. The zero-order valence-corrected chi connectivity index (χ0v) is 19.0. The molecule has 1 aliphatic heterocycles. The molecule has 1 aliphatic rings. The highest BCUT2D eigenvalue weighted by Crippen LogP contribution is 2.28. The van der Waals surface area contributed by atoms with E-state index in [2.05, 4.69) is 55.7 Å². The van der Waals surface area contributed by atoms with Gasteiger partial charge in [0.2, 0.25) is 0 Å². The number of hydrogen-bond donors (Lipinski definition) is 0. The summed E-state index contributed by atoms with van der Waals surface area (Å²) in [5.41, 5.74) is 2.52. The lowest BCUT2D eigenvalue weighted by atomic mass is 10.1. The standard InChI is InChI=1S/C26H34N4O2/c1-31-26-7-3-2-6-25(26)30-19-17-28(18-20-30)14-4-5-21-32-24-10-8-23(9-11-24)12-15-29-16-13-27-22-29/h2-3,6-11,13,16,22H,4-5,12,14-15,17-21H2,1H3. The third-order valence-electron chi connectivity index (χ3n) is 6.08. The Bertz CT molecular complexity index is 919. The van der Waals surface area contributed by atoms with Crippen LogP contribution in [0.25, 0.3) is 0 Å². The maximum Gasteiger partial charge on any atom is 0.142 e. The summed E-state index contributed by atoms with van der Waals surface area (Å²) in [5, 5.41) is 0. The molecule has 0 bridgehead atoms. The van der Waals surface area contributed by atoms with Crippen LogP contribution < -0.4 is 14.4 Å². The maximum atomic E-state index is 5.95. The molecular weight excluding hydrogens is 400 g/mol. The number of ether oxygens (including phenoxy) is 2. The first-order valence-corrected chi connectivity index (χ1v) is 11.6. The van der Waals surface area contributed by atoms with E-state index in [1.54, 1.807) is 7.11 Å². The van der Waals surface area contributed by atoms with Crippen LogP contribution in [0.15, 0.2) is 67.3 Å². The molecule has 0 N–H and O–H groups in total. The van der Waals surface area contributed by atoms with E-state index in [9.17, 15) is 0 Å². The van der Waals surface area contributed by atoms with Crippen molar-refractivity contribution in [3.63, 3.8) is 0 Å². The second kappa shape index (κ2) is 11.6. The highest BCUT2D eigenvalue weighted by atomic mass is 16.5. The summed E-state index contributed by atoms with van der Waals surface area (Å²) < 4.78 is 13.6. The average molecular weight is 435 g/mol. The lowest BCUT2D eigenvalue weighted by molar-refractivity contribution is 0.238. The van der Waals surface area contributed by atoms with E-state index in [1.807, 2.05) is 30.9 Å². The van der Waals surface area contributed by atoms with Crippen LogP contribution in [-0.4, -0.2) is 60.9 Å². The van der Waals surface area contributed by atoms with Gasteiger partial charge in [-0.2, -0.15) is 0 Å². The van der Waals surface area contributed by atoms with E-state index in [4.69, 9.17) is 9.47 Å². The zero-order chi connectivity index (χ0) is 22.0. The number of methoxy groups -OCH3 is 1. The second-order valence-electron chi connectivity index (χ2n) is 8.25. The van der Waals surface area contributed by atoms with Crippen molar-refractivity contribution >= 4 is 5.69 Å². The van der Waals surface area contributed by atoms with Gasteiger partial charge in [-0.25, -0.2) is 4.98 Å². The number of anilines is 1. The molecule has 0 saturated carbocycles. The van der Waals surface area contributed by atoms with Crippen molar-refractivity contribution in [3.8, 4) is 11.5 Å². The highest BCUT2D eigenvalue weighted by molar-refractivity contribution is 5.58. The average Bonchev–Trinajstić information content (AvgIpc) is 3.37. The molecule has 32 heavy (non-hydrogen) atoms. The van der Waals surface area contributed by atoms with E-state index < -0.39 is 0 Å². The van der Waals surface area contributed by atoms with E-state index in [0.717, 1.165) is 76.6 Å². The molecule has 0 radical (unpaired) electrons. The van der Waals surface area contributed by atoms with Crippen LogP contribution in [0.5, 0.6) is 11.5 Å². The number of imidazole rings is 1. The van der Waals surface area contributed by atoms with Crippen molar-refractivity contribution in [1.29, 1.82) is 0 Å². The number of benzene rings is 2. The summed E-state index contributed by atoms with van der Waals surface area (Å²) in [5.74, 6) is 1.92. The molecule has 0 unspecified atom stereocenters. The molecule has 170 valence electrons. The van der Waals surface area contributed by atoms with Gasteiger partial charge in [0.05, 0.1) is 25.7 Å². The molecule has 1 fully saturated rings. The van der Waals surface area contributed by atoms with Gasteiger partial charge >= 0.3 is 0 Å². The van der Waals surface area contributed by atoms with E-state index in [0.29, 0.717) is 0 Å². The van der Waals surface area contributed by atoms with Crippen LogP contribution in [0.1, 0.15) is 18.4 Å². The van der Waals surface area contributed by atoms with Gasteiger partial charge in [0.25, 0.3) is 0 Å². The third kappa shape index (κ3) is 6.26. The number of aromatic nitrogens is 2. The summed E-state index contributed by atoms with van der Waals surface area (Å²) in [6.45, 7) is 7.15. The smallest absolute Gasteiger partial charge is 0.142 e. The molecule has 4 rings (SSSR count). The quantitative estimate of drug-likeness (QED) is 0.425. The summed E-state index contributed by atoms with van der Waals surface area (Å²) >= 11 is 0. The normalized spacial score (nSPS) is 14.5. The van der Waals surface area contributed by atoms with Gasteiger partial charge in [0, 0.05) is 45.1 Å². The molecular formula is C26H34N4O2. The predicted molar refractivity (Wildman–Crippen MR) is 129 cm³/mol. The fourth-order valence-electron chi connectivity index (χ4n) is 4.16. The van der Waals surface area contributed by atoms with Gasteiger partial charge in [-0.05, 0) is 55.6 Å². The van der Waals surface area contributed by atoms with E-state index in [-0.39, 0.29) is 0 Å². The summed E-state index contributed by atoms with van der Waals surface area (Å²) in [6.07, 6.45) is 8.92. The largest absolute Gasteiger partial charge is 0.495 e. The summed E-state index contributed by atoms with van der Waals surface area (Å²) in [4.78, 5) is 9.07. The minimum atomic E-state index is 0.773. The van der Waals surface area contributed by atoms with Gasteiger partial charge in [0.1, 0.15) is 11.5 Å². The number of aryl methyl sites for hydroxylation is 2. The molecule has 2 heterocycles. The first-order valence-electron chi connectivity index (χ1n) is 11.6. The lowest BCUT2D eigenvalue weighted by Gasteiger charge is -2.36. The van der Waals surface area contributed by atoms with Crippen molar-refractivity contribution in [2.45, 2.75) is 25.8 Å². The molecule has 2 aromatic carbocycles. The monoisotopic (exact) mass is 434 g/mol. The number of rotatable bonds is 11. The minimum absolute atomic E-state index is 0.773. The molecule has 6 heteroatoms. The number of nitrogens with zero attached hydrogens (tertiary/aromatic N) is 4. The zero-order valence-electron chi connectivity index (χ0n) is 19.0.